The zero-order chi connectivity index (χ0) is 14.1. The number of likely N-dealkylation sites (N-methyl/N-ethyl adjacent to an activating group) is 1. The summed E-state index contributed by atoms with van der Waals surface area (Å²) in [6.07, 6.45) is 10.9. The fraction of sp³-hybridized carbons (Fsp3) is 0.812. The molecule has 3 heterocycles. The zero-order valence-electron chi connectivity index (χ0n) is 13.0. The predicted molar refractivity (Wildman–Crippen MR) is 81.7 cm³/mol. The van der Waals surface area contributed by atoms with Crippen molar-refractivity contribution in [3.63, 3.8) is 0 Å². The first-order valence-corrected chi connectivity index (χ1v) is 8.11. The monoisotopic (exact) mass is 276 g/mol. The molecule has 2 fully saturated rings. The first kappa shape index (κ1) is 14.1. The van der Waals surface area contributed by atoms with Crippen molar-refractivity contribution in [1.29, 1.82) is 0 Å². The fourth-order valence-corrected chi connectivity index (χ4v) is 4.23. The van der Waals surface area contributed by atoms with Crippen LogP contribution < -0.4 is 5.32 Å². The molecule has 1 aromatic rings. The first-order valence-electron chi connectivity index (χ1n) is 8.11. The second kappa shape index (κ2) is 5.86. The lowest BCUT2D eigenvalue weighted by atomic mass is 9.83. The highest BCUT2D eigenvalue weighted by atomic mass is 15.3. The highest BCUT2D eigenvalue weighted by Crippen LogP contribution is 2.39. The van der Waals surface area contributed by atoms with Gasteiger partial charge in [-0.1, -0.05) is 0 Å². The largest absolute Gasteiger partial charge is 0.316 e. The molecule has 0 amide bonds. The average Bonchev–Trinajstić information content (AvgIpc) is 2.97. The average molecular weight is 276 g/mol. The third-order valence-corrected chi connectivity index (χ3v) is 5.54. The molecule has 2 bridgehead atoms. The highest BCUT2D eigenvalue weighted by molar-refractivity contribution is 5.08. The SMILES string of the molecule is CCn1cc(CC(NC)C2CC3CCC(C2)N3C)cn1. The van der Waals surface area contributed by atoms with Gasteiger partial charge in [0.2, 0.25) is 0 Å². The summed E-state index contributed by atoms with van der Waals surface area (Å²) in [5.74, 6) is 0.818. The normalized spacial score (nSPS) is 31.6. The summed E-state index contributed by atoms with van der Waals surface area (Å²) in [4.78, 5) is 2.62. The van der Waals surface area contributed by atoms with E-state index in [0.29, 0.717) is 6.04 Å². The van der Waals surface area contributed by atoms with Gasteiger partial charge in [-0.15, -0.1) is 0 Å². The predicted octanol–water partition coefficient (Wildman–Crippen LogP) is 1.91. The number of hydrogen-bond donors (Lipinski definition) is 1. The number of piperidine rings is 1. The third-order valence-electron chi connectivity index (χ3n) is 5.54. The third kappa shape index (κ3) is 2.63. The molecule has 0 aromatic carbocycles. The lowest BCUT2D eigenvalue weighted by Crippen LogP contribution is -2.47. The first-order chi connectivity index (χ1) is 9.71. The van der Waals surface area contributed by atoms with Crippen LogP contribution in [0.4, 0.5) is 0 Å². The minimum Gasteiger partial charge on any atom is -0.316 e. The number of nitrogens with zero attached hydrogens (tertiary/aromatic N) is 3. The zero-order valence-corrected chi connectivity index (χ0v) is 13.0. The maximum Gasteiger partial charge on any atom is 0.0522 e. The second-order valence-electron chi connectivity index (χ2n) is 6.59. The van der Waals surface area contributed by atoms with Gasteiger partial charge < -0.3 is 10.2 Å². The van der Waals surface area contributed by atoms with E-state index in [-0.39, 0.29) is 0 Å². The number of rotatable bonds is 5. The van der Waals surface area contributed by atoms with Crippen LogP contribution in [0.1, 0.15) is 38.2 Å². The molecule has 3 atom stereocenters. The van der Waals surface area contributed by atoms with Crippen molar-refractivity contribution >= 4 is 0 Å². The van der Waals surface area contributed by atoms with E-state index in [1.807, 2.05) is 10.9 Å². The highest BCUT2D eigenvalue weighted by Gasteiger charge is 2.40. The van der Waals surface area contributed by atoms with Gasteiger partial charge in [-0.2, -0.15) is 5.10 Å². The Morgan fingerprint density at radius 3 is 2.60 bits per heavy atom. The molecule has 0 aliphatic carbocycles. The van der Waals surface area contributed by atoms with Crippen molar-refractivity contribution in [1.82, 2.24) is 20.0 Å². The number of nitrogens with one attached hydrogen (secondary N) is 1. The van der Waals surface area contributed by atoms with Crippen molar-refractivity contribution in [3.8, 4) is 0 Å². The Labute approximate surface area is 122 Å². The van der Waals surface area contributed by atoms with E-state index in [0.717, 1.165) is 31.0 Å². The standard InChI is InChI=1S/C16H28N4/c1-4-20-11-12(10-18-20)7-16(17-2)13-8-14-5-6-15(9-13)19(14)3/h10-11,13-17H,4-9H2,1-3H3. The van der Waals surface area contributed by atoms with Crippen LogP contribution in [0.5, 0.6) is 0 Å². The molecule has 3 rings (SSSR count). The number of aryl methyl sites for hydroxylation is 1. The van der Waals surface area contributed by atoms with Crippen molar-refractivity contribution < 1.29 is 0 Å². The van der Waals surface area contributed by atoms with E-state index in [4.69, 9.17) is 0 Å². The van der Waals surface area contributed by atoms with Gasteiger partial charge in [-0.3, -0.25) is 4.68 Å². The summed E-state index contributed by atoms with van der Waals surface area (Å²) in [5.41, 5.74) is 1.37. The molecule has 112 valence electrons. The van der Waals surface area contributed by atoms with Crippen LogP contribution in [0.15, 0.2) is 12.4 Å². The Morgan fingerprint density at radius 2 is 2.05 bits per heavy atom. The summed E-state index contributed by atoms with van der Waals surface area (Å²) in [6, 6.07) is 2.25. The molecule has 4 heteroatoms. The summed E-state index contributed by atoms with van der Waals surface area (Å²) in [5, 5.41) is 7.98. The van der Waals surface area contributed by atoms with Crippen LogP contribution >= 0.6 is 0 Å². The van der Waals surface area contributed by atoms with E-state index in [1.54, 1.807) is 0 Å². The molecule has 1 N–H and O–H groups in total. The van der Waals surface area contributed by atoms with Crippen LogP contribution in [0.25, 0.3) is 0 Å². The molecule has 20 heavy (non-hydrogen) atoms. The molecule has 1 aromatic heterocycles. The molecule has 3 unspecified atom stereocenters. The lowest BCUT2D eigenvalue weighted by molar-refractivity contribution is 0.114. The Kier molecular flexibility index (Phi) is 4.13. The lowest BCUT2D eigenvalue weighted by Gasteiger charge is -2.39. The van der Waals surface area contributed by atoms with Crippen LogP contribution in [0, 0.1) is 5.92 Å². The fourth-order valence-electron chi connectivity index (χ4n) is 4.23. The minimum absolute atomic E-state index is 0.598. The van der Waals surface area contributed by atoms with Gasteiger partial charge >= 0.3 is 0 Å². The van der Waals surface area contributed by atoms with Crippen molar-refractivity contribution in [2.24, 2.45) is 5.92 Å². The van der Waals surface area contributed by atoms with Gasteiger partial charge in [0.15, 0.2) is 0 Å². The van der Waals surface area contributed by atoms with E-state index in [1.165, 1.54) is 31.2 Å². The number of hydrogen-bond acceptors (Lipinski definition) is 3. The molecule has 0 spiro atoms. The number of fused-ring (bicyclic) bond motifs is 2. The van der Waals surface area contributed by atoms with Gasteiger partial charge in [0.25, 0.3) is 0 Å². The van der Waals surface area contributed by atoms with E-state index in [9.17, 15) is 0 Å². The van der Waals surface area contributed by atoms with E-state index >= 15 is 0 Å². The van der Waals surface area contributed by atoms with Gasteiger partial charge in [-0.05, 0) is 64.6 Å². The summed E-state index contributed by atoms with van der Waals surface area (Å²) >= 11 is 0. The molecule has 0 saturated carbocycles. The van der Waals surface area contributed by atoms with Crippen molar-refractivity contribution in [2.45, 2.75) is 63.7 Å². The van der Waals surface area contributed by atoms with Gasteiger partial charge in [0.1, 0.15) is 0 Å². The van der Waals surface area contributed by atoms with Gasteiger partial charge in [-0.25, -0.2) is 0 Å². The van der Waals surface area contributed by atoms with Crippen LogP contribution in [-0.4, -0.2) is 46.9 Å². The Morgan fingerprint density at radius 1 is 1.35 bits per heavy atom. The topological polar surface area (TPSA) is 33.1 Å². The van der Waals surface area contributed by atoms with Crippen LogP contribution in [-0.2, 0) is 13.0 Å². The minimum atomic E-state index is 0.598. The molecule has 0 radical (unpaired) electrons. The number of aromatic nitrogens is 2. The van der Waals surface area contributed by atoms with Crippen molar-refractivity contribution in [3.05, 3.63) is 18.0 Å². The van der Waals surface area contributed by atoms with E-state index in [2.05, 4.69) is 42.5 Å². The van der Waals surface area contributed by atoms with Gasteiger partial charge in [0.05, 0.1) is 6.20 Å². The maximum atomic E-state index is 4.40. The quantitative estimate of drug-likeness (QED) is 0.892. The molecule has 2 aliphatic rings. The molecule has 2 aliphatic heterocycles. The maximum absolute atomic E-state index is 4.40. The molecule has 4 nitrogen and oxygen atoms in total. The molecular formula is C16H28N4. The van der Waals surface area contributed by atoms with Crippen LogP contribution in [0.2, 0.25) is 0 Å². The molecule has 2 saturated heterocycles. The molecular weight excluding hydrogens is 248 g/mol. The summed E-state index contributed by atoms with van der Waals surface area (Å²) in [6.45, 7) is 3.10. The Bertz CT molecular complexity index is 427. The Hall–Kier alpha value is -0.870. The summed E-state index contributed by atoms with van der Waals surface area (Å²) < 4.78 is 2.03. The smallest absolute Gasteiger partial charge is 0.0522 e. The van der Waals surface area contributed by atoms with Crippen molar-refractivity contribution in [2.75, 3.05) is 14.1 Å². The van der Waals surface area contributed by atoms with E-state index < -0.39 is 0 Å². The van der Waals surface area contributed by atoms with Gasteiger partial charge in [0, 0.05) is 30.9 Å². The Balaban J connectivity index is 1.65. The van der Waals surface area contributed by atoms with Crippen LogP contribution in [0.3, 0.4) is 0 Å². The second-order valence-corrected chi connectivity index (χ2v) is 6.59. The summed E-state index contributed by atoms with van der Waals surface area (Å²) in [7, 11) is 4.44.